The lowest BCUT2D eigenvalue weighted by molar-refractivity contribution is -0.122. The van der Waals surface area contributed by atoms with E-state index in [9.17, 15) is 4.79 Å². The number of fused-ring (bicyclic) bond motifs is 1. The van der Waals surface area contributed by atoms with Crippen LogP contribution < -0.4 is 4.90 Å². The van der Waals surface area contributed by atoms with E-state index in [1.165, 1.54) is 11.8 Å². The zero-order valence-corrected chi connectivity index (χ0v) is 19.3. The summed E-state index contributed by atoms with van der Waals surface area (Å²) in [5.74, 6) is 1.65. The van der Waals surface area contributed by atoms with Crippen molar-refractivity contribution in [2.75, 3.05) is 38.3 Å². The molecular weight excluding hydrogens is 414 g/mol. The van der Waals surface area contributed by atoms with Gasteiger partial charge in [-0.1, -0.05) is 49.1 Å². The number of ether oxygens (including phenoxy) is 1. The van der Waals surface area contributed by atoms with Gasteiger partial charge in [-0.25, -0.2) is 4.98 Å². The van der Waals surface area contributed by atoms with Crippen molar-refractivity contribution in [2.45, 2.75) is 26.7 Å². The molecule has 0 N–H and O–H groups in total. The van der Waals surface area contributed by atoms with Gasteiger partial charge in [0.05, 0.1) is 23.6 Å². The van der Waals surface area contributed by atoms with Gasteiger partial charge in [0.1, 0.15) is 10.1 Å². The Hall–Kier alpha value is -1.96. The van der Waals surface area contributed by atoms with E-state index in [1.54, 1.807) is 12.0 Å². The topological polar surface area (TPSA) is 45.7 Å². The maximum Gasteiger partial charge on any atom is 0.266 e. The number of hydrogen-bond acceptors (Lipinski definition) is 6. The van der Waals surface area contributed by atoms with Crippen LogP contribution in [-0.2, 0) is 9.53 Å². The van der Waals surface area contributed by atoms with Crippen molar-refractivity contribution >= 4 is 57.0 Å². The molecule has 4 rings (SSSR count). The fourth-order valence-corrected chi connectivity index (χ4v) is 5.25. The molecule has 3 heterocycles. The van der Waals surface area contributed by atoms with Gasteiger partial charge >= 0.3 is 0 Å². The van der Waals surface area contributed by atoms with E-state index >= 15 is 0 Å². The average molecular weight is 442 g/mol. The van der Waals surface area contributed by atoms with E-state index in [4.69, 9.17) is 21.9 Å². The summed E-state index contributed by atoms with van der Waals surface area (Å²) in [6.07, 6.45) is 4.28. The second-order valence-electron chi connectivity index (χ2n) is 8.04. The Kier molecular flexibility index (Phi) is 6.41. The van der Waals surface area contributed by atoms with Gasteiger partial charge in [0.2, 0.25) is 0 Å². The van der Waals surface area contributed by atoms with E-state index in [2.05, 4.69) is 43.0 Å². The average Bonchev–Trinajstić information content (AvgIpc) is 2.99. The number of pyridine rings is 1. The van der Waals surface area contributed by atoms with Crippen molar-refractivity contribution in [3.8, 4) is 0 Å². The van der Waals surface area contributed by atoms with Crippen LogP contribution >= 0.6 is 24.0 Å². The summed E-state index contributed by atoms with van der Waals surface area (Å²) in [5.41, 5.74) is 3.17. The van der Waals surface area contributed by atoms with E-state index < -0.39 is 0 Å². The number of nitrogens with zero attached hydrogens (tertiary/aromatic N) is 3. The van der Waals surface area contributed by atoms with Gasteiger partial charge in [-0.15, -0.1) is 0 Å². The Morgan fingerprint density at radius 3 is 2.83 bits per heavy atom. The number of thioether (sulfide) groups is 1. The molecule has 0 saturated carbocycles. The van der Waals surface area contributed by atoms with Gasteiger partial charge in [-0.05, 0) is 43.4 Å². The molecule has 0 unspecified atom stereocenters. The van der Waals surface area contributed by atoms with Crippen LogP contribution in [-0.4, -0.2) is 53.5 Å². The smallest absolute Gasteiger partial charge is 0.266 e. The molecule has 30 heavy (non-hydrogen) atoms. The maximum absolute atomic E-state index is 12.9. The highest BCUT2D eigenvalue weighted by molar-refractivity contribution is 8.26. The fourth-order valence-electron chi connectivity index (χ4n) is 3.95. The van der Waals surface area contributed by atoms with Crippen LogP contribution in [0.25, 0.3) is 17.0 Å². The SMILES string of the molecule is COCCN1C(=O)/C(=C/c2cc3cccc(C)c3nc2N2CCC(C)CC2)SC1=S. The molecule has 158 valence electrons. The van der Waals surface area contributed by atoms with Crippen molar-refractivity contribution < 1.29 is 9.53 Å². The lowest BCUT2D eigenvalue weighted by atomic mass is 9.98. The number of thiocarbonyl (C=S) groups is 1. The Labute approximate surface area is 187 Å². The van der Waals surface area contributed by atoms with Crippen LogP contribution in [0.5, 0.6) is 0 Å². The summed E-state index contributed by atoms with van der Waals surface area (Å²) in [6, 6.07) is 8.39. The lowest BCUT2D eigenvalue weighted by Crippen LogP contribution is -2.34. The minimum absolute atomic E-state index is 0.0513. The third-order valence-electron chi connectivity index (χ3n) is 5.82. The molecule has 0 spiro atoms. The van der Waals surface area contributed by atoms with Crippen molar-refractivity contribution in [2.24, 2.45) is 5.92 Å². The summed E-state index contributed by atoms with van der Waals surface area (Å²) in [6.45, 7) is 7.32. The van der Waals surface area contributed by atoms with Gasteiger partial charge < -0.3 is 9.64 Å². The van der Waals surface area contributed by atoms with Crippen LogP contribution in [0, 0.1) is 12.8 Å². The monoisotopic (exact) mass is 441 g/mol. The van der Waals surface area contributed by atoms with Gasteiger partial charge in [-0.3, -0.25) is 9.69 Å². The third kappa shape index (κ3) is 4.24. The van der Waals surface area contributed by atoms with E-state index in [0.717, 1.165) is 59.7 Å². The molecule has 2 aromatic rings. The molecule has 0 bridgehead atoms. The second-order valence-corrected chi connectivity index (χ2v) is 9.72. The normalized spacial score (nSPS) is 19.5. The highest BCUT2D eigenvalue weighted by Gasteiger charge is 2.32. The van der Waals surface area contributed by atoms with Gasteiger partial charge in [0.25, 0.3) is 5.91 Å². The van der Waals surface area contributed by atoms with Crippen molar-refractivity contribution in [3.05, 3.63) is 40.3 Å². The van der Waals surface area contributed by atoms with Crippen LogP contribution in [0.2, 0.25) is 0 Å². The summed E-state index contributed by atoms with van der Waals surface area (Å²) in [4.78, 5) is 22.6. The number of methoxy groups -OCH3 is 1. The molecule has 0 radical (unpaired) electrons. The molecule has 5 nitrogen and oxygen atoms in total. The predicted octanol–water partition coefficient (Wildman–Crippen LogP) is 4.63. The number of aromatic nitrogens is 1. The molecule has 2 saturated heterocycles. The Bertz CT molecular complexity index is 1010. The number of piperidine rings is 1. The van der Waals surface area contributed by atoms with Crippen molar-refractivity contribution in [1.82, 2.24) is 9.88 Å². The van der Waals surface area contributed by atoms with Crippen molar-refractivity contribution in [3.63, 3.8) is 0 Å². The first-order chi connectivity index (χ1) is 14.5. The highest BCUT2D eigenvalue weighted by atomic mass is 32.2. The number of carbonyl (C=O) groups excluding carboxylic acids is 1. The van der Waals surface area contributed by atoms with Gasteiger partial charge in [-0.2, -0.15) is 0 Å². The summed E-state index contributed by atoms with van der Waals surface area (Å²) >= 11 is 6.79. The minimum Gasteiger partial charge on any atom is -0.383 e. The largest absolute Gasteiger partial charge is 0.383 e. The zero-order chi connectivity index (χ0) is 21.3. The molecule has 1 aromatic carbocycles. The molecular formula is C23H27N3O2S2. The summed E-state index contributed by atoms with van der Waals surface area (Å²) in [5, 5.41) is 1.09. The van der Waals surface area contributed by atoms with Gasteiger partial charge in [0.15, 0.2) is 0 Å². The number of amides is 1. The maximum atomic E-state index is 12.9. The number of aryl methyl sites for hydroxylation is 1. The molecule has 2 aliphatic heterocycles. The summed E-state index contributed by atoms with van der Waals surface area (Å²) < 4.78 is 5.71. The standard InChI is InChI=1S/C23H27N3O2S2/c1-15-7-9-25(10-8-15)21-18(13-17-6-4-5-16(2)20(17)24-21)14-19-22(27)26(11-12-28-3)23(29)30-19/h4-6,13-15H,7-12H2,1-3H3/b19-14-. The van der Waals surface area contributed by atoms with E-state index in [0.29, 0.717) is 22.4 Å². The van der Waals surface area contributed by atoms with E-state index in [1.807, 2.05) is 6.08 Å². The molecule has 2 fully saturated rings. The van der Waals surface area contributed by atoms with Crippen LogP contribution in [0.1, 0.15) is 30.9 Å². The quantitative estimate of drug-likeness (QED) is 0.498. The second kappa shape index (κ2) is 9.04. The minimum atomic E-state index is -0.0513. The molecule has 0 atom stereocenters. The number of rotatable bonds is 5. The molecule has 1 aromatic heterocycles. The number of para-hydroxylation sites is 1. The zero-order valence-electron chi connectivity index (χ0n) is 17.7. The molecule has 7 heteroatoms. The Morgan fingerprint density at radius 1 is 1.33 bits per heavy atom. The number of anilines is 1. The van der Waals surface area contributed by atoms with Crippen molar-refractivity contribution in [1.29, 1.82) is 0 Å². The highest BCUT2D eigenvalue weighted by Crippen LogP contribution is 2.36. The first kappa shape index (κ1) is 21.3. The first-order valence-electron chi connectivity index (χ1n) is 10.4. The fraction of sp³-hybridized carbons (Fsp3) is 0.435. The Balaban J connectivity index is 1.75. The number of hydrogen-bond donors (Lipinski definition) is 0. The van der Waals surface area contributed by atoms with Crippen LogP contribution in [0.3, 0.4) is 0 Å². The van der Waals surface area contributed by atoms with Crippen LogP contribution in [0.4, 0.5) is 5.82 Å². The molecule has 2 aliphatic rings. The molecule has 1 amide bonds. The Morgan fingerprint density at radius 2 is 2.10 bits per heavy atom. The lowest BCUT2D eigenvalue weighted by Gasteiger charge is -2.32. The third-order valence-corrected chi connectivity index (χ3v) is 7.20. The first-order valence-corrected chi connectivity index (χ1v) is 11.6. The summed E-state index contributed by atoms with van der Waals surface area (Å²) in [7, 11) is 1.63. The molecule has 0 aliphatic carbocycles. The van der Waals surface area contributed by atoms with Gasteiger partial charge in [0, 0.05) is 31.1 Å². The predicted molar refractivity (Wildman–Crippen MR) is 129 cm³/mol. The number of carbonyl (C=O) groups is 1. The van der Waals surface area contributed by atoms with E-state index in [-0.39, 0.29) is 5.91 Å². The number of benzene rings is 1. The van der Waals surface area contributed by atoms with Crippen LogP contribution in [0.15, 0.2) is 29.2 Å².